The van der Waals surface area contributed by atoms with Crippen LogP contribution in [0.3, 0.4) is 0 Å². The van der Waals surface area contributed by atoms with Crippen LogP contribution in [0.5, 0.6) is 11.5 Å². The number of rotatable bonds is 6. The smallest absolute Gasteiger partial charge is 0.308 e. The van der Waals surface area contributed by atoms with Gasteiger partial charge in [0.05, 0.1) is 11.1 Å². The molecule has 4 heteroatoms. The van der Waals surface area contributed by atoms with Crippen LogP contribution in [0.2, 0.25) is 0 Å². The van der Waals surface area contributed by atoms with Crippen LogP contribution < -0.4 is 9.47 Å². The minimum Gasteiger partial charge on any atom is -0.492 e. The monoisotopic (exact) mass is 424 g/mol. The van der Waals surface area contributed by atoms with Crippen molar-refractivity contribution in [1.29, 1.82) is 0 Å². The van der Waals surface area contributed by atoms with Crippen LogP contribution in [0.4, 0.5) is 0 Å². The standard InChI is InChI=1S/C23H21BrO3/c1-3-14-26-22-13-9-19-15-18(8-12-21(19)23(22)24)5-4-17-6-10-20(11-7-17)27-16(2)25/h4-13,15H,3,14H2,1-2H3/b5-4+. The Morgan fingerprint density at radius 2 is 1.70 bits per heavy atom. The fourth-order valence-electron chi connectivity index (χ4n) is 2.72. The third-order valence-corrected chi connectivity index (χ3v) is 4.83. The number of hydrogen-bond acceptors (Lipinski definition) is 3. The summed E-state index contributed by atoms with van der Waals surface area (Å²) in [6.07, 6.45) is 5.08. The summed E-state index contributed by atoms with van der Waals surface area (Å²) in [5.74, 6) is 1.11. The van der Waals surface area contributed by atoms with Gasteiger partial charge in [0.25, 0.3) is 0 Å². The quantitative estimate of drug-likeness (QED) is 0.257. The molecule has 138 valence electrons. The Bertz CT molecular complexity index is 975. The number of hydrogen-bond donors (Lipinski definition) is 0. The number of halogens is 1. The van der Waals surface area contributed by atoms with E-state index in [4.69, 9.17) is 9.47 Å². The molecule has 3 rings (SSSR count). The molecule has 0 aromatic heterocycles. The molecule has 0 aliphatic carbocycles. The molecule has 0 saturated carbocycles. The highest BCUT2D eigenvalue weighted by atomic mass is 79.9. The summed E-state index contributed by atoms with van der Waals surface area (Å²) < 4.78 is 11.8. The minimum absolute atomic E-state index is 0.316. The normalized spacial score (nSPS) is 11.1. The Balaban J connectivity index is 1.79. The van der Waals surface area contributed by atoms with Crippen molar-refractivity contribution >= 4 is 44.8 Å². The van der Waals surface area contributed by atoms with Gasteiger partial charge in [-0.05, 0) is 68.5 Å². The minimum atomic E-state index is -0.316. The first kappa shape index (κ1) is 19.2. The zero-order valence-corrected chi connectivity index (χ0v) is 17.0. The van der Waals surface area contributed by atoms with Crippen LogP contribution in [0.25, 0.3) is 22.9 Å². The van der Waals surface area contributed by atoms with Crippen molar-refractivity contribution in [3.05, 3.63) is 70.2 Å². The van der Waals surface area contributed by atoms with Gasteiger partial charge in [0.2, 0.25) is 0 Å². The van der Waals surface area contributed by atoms with E-state index in [2.05, 4.69) is 53.2 Å². The van der Waals surface area contributed by atoms with E-state index in [-0.39, 0.29) is 5.97 Å². The van der Waals surface area contributed by atoms with Gasteiger partial charge in [0, 0.05) is 6.92 Å². The van der Waals surface area contributed by atoms with Crippen LogP contribution in [-0.2, 0) is 4.79 Å². The van der Waals surface area contributed by atoms with Crippen LogP contribution in [0.1, 0.15) is 31.4 Å². The lowest BCUT2D eigenvalue weighted by Gasteiger charge is -2.10. The van der Waals surface area contributed by atoms with E-state index in [1.807, 2.05) is 24.3 Å². The van der Waals surface area contributed by atoms with E-state index in [1.165, 1.54) is 6.92 Å². The Morgan fingerprint density at radius 3 is 2.41 bits per heavy atom. The molecule has 0 bridgehead atoms. The van der Waals surface area contributed by atoms with E-state index in [1.54, 1.807) is 12.1 Å². The Labute approximate surface area is 167 Å². The largest absolute Gasteiger partial charge is 0.492 e. The summed E-state index contributed by atoms with van der Waals surface area (Å²) in [4.78, 5) is 11.0. The van der Waals surface area contributed by atoms with Crippen molar-refractivity contribution in [1.82, 2.24) is 0 Å². The molecule has 0 N–H and O–H groups in total. The molecule has 0 aliphatic heterocycles. The molecule has 3 aromatic carbocycles. The zero-order chi connectivity index (χ0) is 19.2. The molecule has 3 aromatic rings. The topological polar surface area (TPSA) is 35.5 Å². The number of benzene rings is 3. The van der Waals surface area contributed by atoms with Crippen LogP contribution in [0, 0.1) is 0 Å². The van der Waals surface area contributed by atoms with E-state index in [9.17, 15) is 4.79 Å². The third kappa shape index (κ3) is 4.98. The molecule has 0 unspecified atom stereocenters. The molecule has 0 fully saturated rings. The maximum atomic E-state index is 11.0. The molecule has 0 radical (unpaired) electrons. The number of carbonyl (C=O) groups excluding carboxylic acids is 1. The van der Waals surface area contributed by atoms with Gasteiger partial charge in [-0.15, -0.1) is 0 Å². The van der Waals surface area contributed by atoms with Gasteiger partial charge in [0.1, 0.15) is 11.5 Å². The molecular weight excluding hydrogens is 404 g/mol. The van der Waals surface area contributed by atoms with Crippen LogP contribution in [-0.4, -0.2) is 12.6 Å². The molecule has 0 amide bonds. The predicted octanol–water partition coefficient (Wildman–Crippen LogP) is 6.49. The van der Waals surface area contributed by atoms with Crippen molar-refractivity contribution in [3.63, 3.8) is 0 Å². The fraction of sp³-hybridized carbons (Fsp3) is 0.174. The van der Waals surface area contributed by atoms with Crippen molar-refractivity contribution in [2.75, 3.05) is 6.61 Å². The highest BCUT2D eigenvalue weighted by Gasteiger charge is 2.06. The zero-order valence-electron chi connectivity index (χ0n) is 15.4. The Hall–Kier alpha value is -2.59. The SMILES string of the molecule is CCCOc1ccc2cc(/C=C/c3ccc(OC(C)=O)cc3)ccc2c1Br. The lowest BCUT2D eigenvalue weighted by molar-refractivity contribution is -0.131. The highest BCUT2D eigenvalue weighted by molar-refractivity contribution is 9.10. The maximum Gasteiger partial charge on any atom is 0.308 e. The number of fused-ring (bicyclic) bond motifs is 1. The van der Waals surface area contributed by atoms with E-state index in [0.717, 1.165) is 38.5 Å². The first-order valence-electron chi connectivity index (χ1n) is 8.88. The summed E-state index contributed by atoms with van der Waals surface area (Å²) in [6.45, 7) is 4.20. The van der Waals surface area contributed by atoms with Crippen molar-refractivity contribution in [2.24, 2.45) is 0 Å². The molecule has 0 spiro atoms. The molecule has 3 nitrogen and oxygen atoms in total. The molecular formula is C23H21BrO3. The Kier molecular flexibility index (Phi) is 6.30. The molecule has 0 saturated heterocycles. The number of ether oxygens (including phenoxy) is 2. The van der Waals surface area contributed by atoms with Crippen molar-refractivity contribution in [2.45, 2.75) is 20.3 Å². The van der Waals surface area contributed by atoms with E-state index < -0.39 is 0 Å². The van der Waals surface area contributed by atoms with Gasteiger partial charge >= 0.3 is 5.97 Å². The average Bonchev–Trinajstić information content (AvgIpc) is 2.66. The second kappa shape index (κ2) is 8.87. The molecule has 27 heavy (non-hydrogen) atoms. The van der Waals surface area contributed by atoms with Gasteiger partial charge in [-0.2, -0.15) is 0 Å². The molecule has 0 aliphatic rings. The summed E-state index contributed by atoms with van der Waals surface area (Å²) >= 11 is 3.66. The van der Waals surface area contributed by atoms with Gasteiger partial charge < -0.3 is 9.47 Å². The third-order valence-electron chi connectivity index (χ3n) is 4.01. The first-order valence-corrected chi connectivity index (χ1v) is 9.68. The Morgan fingerprint density at radius 1 is 1.00 bits per heavy atom. The van der Waals surface area contributed by atoms with Gasteiger partial charge in [-0.25, -0.2) is 0 Å². The molecule has 0 heterocycles. The summed E-state index contributed by atoms with van der Waals surface area (Å²) in [6, 6.07) is 17.8. The number of carbonyl (C=O) groups is 1. The predicted molar refractivity (Wildman–Crippen MR) is 114 cm³/mol. The highest BCUT2D eigenvalue weighted by Crippen LogP contribution is 2.34. The average molecular weight is 425 g/mol. The van der Waals surface area contributed by atoms with E-state index >= 15 is 0 Å². The summed E-state index contributed by atoms with van der Waals surface area (Å²) in [5, 5.41) is 2.28. The van der Waals surface area contributed by atoms with Gasteiger partial charge in [0.15, 0.2) is 0 Å². The van der Waals surface area contributed by atoms with Gasteiger partial charge in [-0.1, -0.05) is 49.4 Å². The van der Waals surface area contributed by atoms with Crippen LogP contribution >= 0.6 is 15.9 Å². The fourth-order valence-corrected chi connectivity index (χ4v) is 3.33. The van der Waals surface area contributed by atoms with Crippen molar-refractivity contribution in [3.8, 4) is 11.5 Å². The first-order chi connectivity index (χ1) is 13.1. The lowest BCUT2D eigenvalue weighted by atomic mass is 10.1. The van der Waals surface area contributed by atoms with Crippen molar-refractivity contribution < 1.29 is 14.3 Å². The second-order valence-electron chi connectivity index (χ2n) is 6.20. The number of esters is 1. The van der Waals surface area contributed by atoms with Gasteiger partial charge in [-0.3, -0.25) is 4.79 Å². The maximum absolute atomic E-state index is 11.0. The van der Waals surface area contributed by atoms with E-state index in [0.29, 0.717) is 12.4 Å². The molecule has 0 atom stereocenters. The summed E-state index contributed by atoms with van der Waals surface area (Å²) in [7, 11) is 0. The summed E-state index contributed by atoms with van der Waals surface area (Å²) in [5.41, 5.74) is 2.15. The second-order valence-corrected chi connectivity index (χ2v) is 7.00. The van der Waals surface area contributed by atoms with Crippen LogP contribution in [0.15, 0.2) is 59.1 Å². The lowest BCUT2D eigenvalue weighted by Crippen LogP contribution is -2.00.